The Balaban J connectivity index is 1.02. The molecule has 300 valence electrons. The number of fused-ring (bicyclic) bond motifs is 7. The monoisotopic (exact) mass is 806 g/mol. The number of allylic oxidation sites excluding steroid dienone is 1. The summed E-state index contributed by atoms with van der Waals surface area (Å²) in [7, 11) is 0. The SMILES string of the molecule is CC1(C)c2ccc(-c3ccc(-c4ccc(/C(=C/Cc5cccc(-c6ccccc6)c5)N=C(N)c5ccccc5)c5ccccc45)c4ccccc34)cc2-c2ccc3ccccc3c21. The Bertz CT molecular complexity index is 3450. The summed E-state index contributed by atoms with van der Waals surface area (Å²) >= 11 is 0. The molecule has 10 aromatic carbocycles. The lowest BCUT2D eigenvalue weighted by molar-refractivity contribution is 0.666. The summed E-state index contributed by atoms with van der Waals surface area (Å²) in [5.41, 5.74) is 23.4. The van der Waals surface area contributed by atoms with Crippen LogP contribution in [0.3, 0.4) is 0 Å². The van der Waals surface area contributed by atoms with Crippen LogP contribution >= 0.6 is 0 Å². The molecule has 10 aromatic rings. The van der Waals surface area contributed by atoms with Crippen LogP contribution in [0.5, 0.6) is 0 Å². The molecule has 0 aromatic heterocycles. The lowest BCUT2D eigenvalue weighted by Crippen LogP contribution is -2.15. The number of amidine groups is 1. The standard InChI is InChI=1S/C61H46N2/c1-61(2)57-36-30-45(39-56(57)55-31-29-42-19-9-10-23-47(42)59(55)61)46-32-33-52(49-25-12-11-24-48(46)49)53-34-35-54(51-27-14-13-26-50(51)53)58(63-60(62)43-20-7-4-8-21-43)37-28-40-16-15-22-44(38-40)41-17-5-3-6-18-41/h3-27,29-39H,28H2,1-2H3,(H2,62,63)/b58-37-. The number of rotatable bonds is 8. The van der Waals surface area contributed by atoms with E-state index in [1.165, 1.54) is 88.1 Å². The zero-order valence-corrected chi connectivity index (χ0v) is 35.5. The van der Waals surface area contributed by atoms with Crippen molar-refractivity contribution in [3.63, 3.8) is 0 Å². The molecule has 0 atom stereocenters. The van der Waals surface area contributed by atoms with Crippen molar-refractivity contribution < 1.29 is 0 Å². The molecule has 1 aliphatic rings. The molecule has 2 heteroatoms. The van der Waals surface area contributed by atoms with E-state index in [-0.39, 0.29) is 5.41 Å². The number of aliphatic imine (C=N–C) groups is 1. The minimum absolute atomic E-state index is 0.0930. The number of benzene rings is 10. The molecule has 2 nitrogen and oxygen atoms in total. The highest BCUT2D eigenvalue weighted by atomic mass is 14.9. The zero-order chi connectivity index (χ0) is 42.5. The summed E-state index contributed by atoms with van der Waals surface area (Å²) < 4.78 is 0. The van der Waals surface area contributed by atoms with Crippen molar-refractivity contribution in [3.05, 3.63) is 246 Å². The van der Waals surface area contributed by atoms with Crippen molar-refractivity contribution in [2.24, 2.45) is 10.7 Å². The van der Waals surface area contributed by atoms with Gasteiger partial charge in [0.1, 0.15) is 5.84 Å². The van der Waals surface area contributed by atoms with Gasteiger partial charge in [-0.1, -0.05) is 226 Å². The van der Waals surface area contributed by atoms with Crippen molar-refractivity contribution in [2.45, 2.75) is 25.7 Å². The minimum atomic E-state index is -0.0930. The normalized spacial score (nSPS) is 13.4. The number of nitrogens with two attached hydrogens (primary N) is 1. The van der Waals surface area contributed by atoms with Gasteiger partial charge in [0.2, 0.25) is 0 Å². The van der Waals surface area contributed by atoms with Gasteiger partial charge in [-0.25, -0.2) is 4.99 Å². The number of hydrogen-bond acceptors (Lipinski definition) is 1. The van der Waals surface area contributed by atoms with Crippen LogP contribution in [-0.2, 0) is 11.8 Å². The molecule has 0 saturated carbocycles. The second-order valence-electron chi connectivity index (χ2n) is 17.2. The average molecular weight is 807 g/mol. The first kappa shape index (κ1) is 38.1. The van der Waals surface area contributed by atoms with Crippen molar-refractivity contribution >= 4 is 43.9 Å². The molecule has 11 rings (SSSR count). The third-order valence-corrected chi connectivity index (χ3v) is 13.1. The van der Waals surface area contributed by atoms with Gasteiger partial charge in [0.05, 0.1) is 5.70 Å². The van der Waals surface area contributed by atoms with Crippen LogP contribution in [0, 0.1) is 0 Å². The van der Waals surface area contributed by atoms with Gasteiger partial charge in [0.15, 0.2) is 0 Å². The maximum Gasteiger partial charge on any atom is 0.131 e. The summed E-state index contributed by atoms with van der Waals surface area (Å²) in [5.74, 6) is 0.488. The van der Waals surface area contributed by atoms with Crippen LogP contribution in [0.4, 0.5) is 0 Å². The van der Waals surface area contributed by atoms with Gasteiger partial charge in [-0.05, 0) is 106 Å². The third kappa shape index (κ3) is 6.72. The highest BCUT2D eigenvalue weighted by Crippen LogP contribution is 2.52. The van der Waals surface area contributed by atoms with Crippen molar-refractivity contribution in [1.82, 2.24) is 0 Å². The average Bonchev–Trinajstić information content (AvgIpc) is 3.58. The molecule has 0 saturated heterocycles. The maximum absolute atomic E-state index is 6.79. The van der Waals surface area contributed by atoms with E-state index in [0.717, 1.165) is 22.2 Å². The Kier molecular flexibility index (Phi) is 9.43. The van der Waals surface area contributed by atoms with Crippen LogP contribution in [0.1, 0.15) is 41.7 Å². The van der Waals surface area contributed by atoms with Crippen LogP contribution in [0.25, 0.3) is 82.5 Å². The second kappa shape index (κ2) is 15.6. The molecule has 1 aliphatic carbocycles. The van der Waals surface area contributed by atoms with E-state index in [1.807, 2.05) is 30.3 Å². The van der Waals surface area contributed by atoms with Gasteiger partial charge >= 0.3 is 0 Å². The number of nitrogens with zero attached hydrogens (tertiary/aromatic N) is 1. The molecule has 0 aliphatic heterocycles. The molecule has 0 spiro atoms. The molecule has 0 radical (unpaired) electrons. The van der Waals surface area contributed by atoms with Crippen LogP contribution in [-0.4, -0.2) is 5.84 Å². The van der Waals surface area contributed by atoms with Gasteiger partial charge in [0, 0.05) is 16.5 Å². The molecular formula is C61H46N2. The topological polar surface area (TPSA) is 38.4 Å². The second-order valence-corrected chi connectivity index (χ2v) is 17.2. The lowest BCUT2D eigenvalue weighted by atomic mass is 9.80. The Labute approximate surface area is 369 Å². The van der Waals surface area contributed by atoms with E-state index in [4.69, 9.17) is 10.7 Å². The summed E-state index contributed by atoms with van der Waals surface area (Å²) in [5, 5.41) is 7.39. The van der Waals surface area contributed by atoms with Gasteiger partial charge in [-0.15, -0.1) is 0 Å². The lowest BCUT2D eigenvalue weighted by Gasteiger charge is -2.23. The zero-order valence-electron chi connectivity index (χ0n) is 35.5. The van der Waals surface area contributed by atoms with E-state index in [0.29, 0.717) is 12.3 Å². The van der Waals surface area contributed by atoms with Crippen LogP contribution in [0.15, 0.2) is 223 Å². The summed E-state index contributed by atoms with van der Waals surface area (Å²) in [6.07, 6.45) is 2.93. The van der Waals surface area contributed by atoms with Gasteiger partial charge in [-0.3, -0.25) is 0 Å². The molecule has 0 fully saturated rings. The quantitative estimate of drug-likeness (QED) is 0.121. The first-order valence-electron chi connectivity index (χ1n) is 21.9. The smallest absolute Gasteiger partial charge is 0.131 e. The first-order chi connectivity index (χ1) is 30.9. The van der Waals surface area contributed by atoms with E-state index in [9.17, 15) is 0 Å². The molecule has 63 heavy (non-hydrogen) atoms. The van der Waals surface area contributed by atoms with Crippen LogP contribution < -0.4 is 5.73 Å². The van der Waals surface area contributed by atoms with Gasteiger partial charge in [-0.2, -0.15) is 0 Å². The van der Waals surface area contributed by atoms with Crippen molar-refractivity contribution in [1.29, 1.82) is 0 Å². The van der Waals surface area contributed by atoms with Crippen molar-refractivity contribution in [2.75, 3.05) is 0 Å². The van der Waals surface area contributed by atoms with E-state index < -0.39 is 0 Å². The molecule has 0 bridgehead atoms. The Morgan fingerprint density at radius 1 is 0.460 bits per heavy atom. The van der Waals surface area contributed by atoms with Crippen molar-refractivity contribution in [3.8, 4) is 44.5 Å². The molecule has 0 amide bonds. The fourth-order valence-electron chi connectivity index (χ4n) is 10.1. The highest BCUT2D eigenvalue weighted by molar-refractivity contribution is 6.12. The largest absolute Gasteiger partial charge is 0.383 e. The van der Waals surface area contributed by atoms with E-state index >= 15 is 0 Å². The molecule has 2 N–H and O–H groups in total. The van der Waals surface area contributed by atoms with Gasteiger partial charge in [0.25, 0.3) is 0 Å². The minimum Gasteiger partial charge on any atom is -0.383 e. The Hall–Kier alpha value is -7.81. The predicted octanol–water partition coefficient (Wildman–Crippen LogP) is 15.4. The molecule has 0 heterocycles. The van der Waals surface area contributed by atoms with Gasteiger partial charge < -0.3 is 5.73 Å². The predicted molar refractivity (Wildman–Crippen MR) is 268 cm³/mol. The third-order valence-electron chi connectivity index (χ3n) is 13.1. The first-order valence-corrected chi connectivity index (χ1v) is 21.9. The molecular weight excluding hydrogens is 761 g/mol. The maximum atomic E-state index is 6.79. The Morgan fingerprint density at radius 3 is 1.81 bits per heavy atom. The van der Waals surface area contributed by atoms with E-state index in [1.54, 1.807) is 0 Å². The highest BCUT2D eigenvalue weighted by Gasteiger charge is 2.37. The summed E-state index contributed by atoms with van der Waals surface area (Å²) in [6.45, 7) is 4.75. The van der Waals surface area contributed by atoms with Crippen LogP contribution in [0.2, 0.25) is 0 Å². The summed E-state index contributed by atoms with van der Waals surface area (Å²) in [6, 6.07) is 76.6. The van der Waals surface area contributed by atoms with E-state index in [2.05, 4.69) is 202 Å². The Morgan fingerprint density at radius 2 is 1.05 bits per heavy atom. The fraction of sp³-hybridized carbons (Fsp3) is 0.0656. The fourth-order valence-corrected chi connectivity index (χ4v) is 10.1. The molecule has 0 unspecified atom stereocenters. The summed E-state index contributed by atoms with van der Waals surface area (Å²) in [4.78, 5) is 5.18. The number of hydrogen-bond donors (Lipinski definition) is 1.